The zero-order valence-electron chi connectivity index (χ0n) is 25.8. The van der Waals surface area contributed by atoms with Gasteiger partial charge in [0.25, 0.3) is 0 Å². The summed E-state index contributed by atoms with van der Waals surface area (Å²) < 4.78 is 5.22. The zero-order chi connectivity index (χ0) is 31.7. The van der Waals surface area contributed by atoms with Gasteiger partial charge in [0.1, 0.15) is 11.8 Å². The number of methoxy groups -OCH3 is 1. The van der Waals surface area contributed by atoms with Gasteiger partial charge < -0.3 is 14.5 Å². The summed E-state index contributed by atoms with van der Waals surface area (Å²) in [7, 11) is 1.58. The van der Waals surface area contributed by atoms with Gasteiger partial charge in [0.2, 0.25) is 11.8 Å². The number of carbonyl (C=O) groups is 2. The quantitative estimate of drug-likeness (QED) is 0.172. The summed E-state index contributed by atoms with van der Waals surface area (Å²) in [5, 5.41) is 0. The summed E-state index contributed by atoms with van der Waals surface area (Å²) in [5.74, 6) is 0.307. The summed E-state index contributed by atoms with van der Waals surface area (Å²) in [6.07, 6.45) is 7.75. The molecular weight excluding hydrogens is 572 g/mol. The van der Waals surface area contributed by atoms with Crippen LogP contribution in [0.15, 0.2) is 128 Å². The molecule has 230 valence electrons. The van der Waals surface area contributed by atoms with Crippen molar-refractivity contribution >= 4 is 17.9 Å². The van der Waals surface area contributed by atoms with Crippen LogP contribution >= 0.6 is 0 Å². The molecule has 0 bridgehead atoms. The van der Waals surface area contributed by atoms with Crippen LogP contribution in [0.2, 0.25) is 0 Å². The van der Waals surface area contributed by atoms with Gasteiger partial charge in [0, 0.05) is 43.9 Å². The van der Waals surface area contributed by atoms with E-state index in [4.69, 9.17) is 4.74 Å². The Morgan fingerprint density at radius 1 is 0.848 bits per heavy atom. The van der Waals surface area contributed by atoms with Crippen molar-refractivity contribution in [2.45, 2.75) is 32.0 Å². The number of carbonyl (C=O) groups excluding carboxylic acids is 2. The van der Waals surface area contributed by atoms with E-state index in [2.05, 4.69) is 22.1 Å². The molecular formula is C39H36N4O3. The molecule has 1 aliphatic rings. The second kappa shape index (κ2) is 14.5. The predicted octanol–water partition coefficient (Wildman–Crippen LogP) is 6.39. The second-order valence-electron chi connectivity index (χ2n) is 11.3. The van der Waals surface area contributed by atoms with Gasteiger partial charge in [-0.2, -0.15) is 0 Å². The molecule has 0 fully saturated rings. The van der Waals surface area contributed by atoms with Crippen LogP contribution in [0, 0.1) is 0 Å². The molecule has 5 aromatic rings. The lowest BCUT2D eigenvalue weighted by molar-refractivity contribution is -0.144. The monoisotopic (exact) mass is 608 g/mol. The summed E-state index contributed by atoms with van der Waals surface area (Å²) >= 11 is 0. The van der Waals surface area contributed by atoms with E-state index in [1.807, 2.05) is 89.8 Å². The van der Waals surface area contributed by atoms with E-state index in [1.165, 1.54) is 11.6 Å². The molecule has 0 N–H and O–H groups in total. The topological polar surface area (TPSA) is 75.6 Å². The van der Waals surface area contributed by atoms with Crippen molar-refractivity contribution in [1.29, 1.82) is 0 Å². The Kier molecular flexibility index (Phi) is 9.59. The number of amides is 2. The first-order chi connectivity index (χ1) is 22.6. The molecule has 7 heteroatoms. The Bertz CT molecular complexity index is 1790. The summed E-state index contributed by atoms with van der Waals surface area (Å²) in [4.78, 5) is 41.1. The SMILES string of the molecule is COc1ccc(C=CC(=O)N(Cc2ccc(-c3ccccn3)cc2)[C@@H](Cc2ccccc2)C(=O)N2CCc3ccccc3C2)nc1. The largest absolute Gasteiger partial charge is 0.495 e. The third kappa shape index (κ3) is 7.38. The highest BCUT2D eigenvalue weighted by atomic mass is 16.5. The van der Waals surface area contributed by atoms with Crippen LogP contribution in [0.25, 0.3) is 17.3 Å². The predicted molar refractivity (Wildman–Crippen MR) is 180 cm³/mol. The molecule has 0 saturated carbocycles. The smallest absolute Gasteiger partial charge is 0.247 e. The van der Waals surface area contributed by atoms with Gasteiger partial charge in [-0.15, -0.1) is 0 Å². The standard InChI is InChI=1S/C39H36N4O3/c1-46-35-20-18-34(41-26-35)19-21-38(44)43(27-30-14-16-32(17-15-30)36-13-7-8-23-40-36)37(25-29-9-3-2-4-10-29)39(45)42-24-22-31-11-5-6-12-33(31)28-42/h2-21,23,26,37H,22,24-25,27-28H2,1H3/t37-/m0/s1. The van der Waals surface area contributed by atoms with Crippen LogP contribution in [0.1, 0.15) is 27.9 Å². The molecule has 46 heavy (non-hydrogen) atoms. The van der Waals surface area contributed by atoms with Crippen molar-refractivity contribution in [2.24, 2.45) is 0 Å². The number of benzene rings is 3. The third-order valence-corrected chi connectivity index (χ3v) is 8.32. The summed E-state index contributed by atoms with van der Waals surface area (Å²) in [5.41, 5.74) is 6.79. The van der Waals surface area contributed by atoms with Crippen molar-refractivity contribution in [1.82, 2.24) is 19.8 Å². The maximum atomic E-state index is 14.5. The first-order valence-electron chi connectivity index (χ1n) is 15.5. The van der Waals surface area contributed by atoms with E-state index >= 15 is 0 Å². The van der Waals surface area contributed by atoms with Gasteiger partial charge in [-0.05, 0) is 59.0 Å². The van der Waals surface area contributed by atoms with E-state index in [1.54, 1.807) is 42.6 Å². The average Bonchev–Trinajstić information content (AvgIpc) is 3.13. The van der Waals surface area contributed by atoms with E-state index < -0.39 is 6.04 Å². The highest BCUT2D eigenvalue weighted by molar-refractivity contribution is 5.95. The molecule has 0 aliphatic carbocycles. The van der Waals surface area contributed by atoms with Crippen molar-refractivity contribution in [3.8, 4) is 17.0 Å². The third-order valence-electron chi connectivity index (χ3n) is 8.32. The molecule has 3 heterocycles. The number of fused-ring (bicyclic) bond motifs is 1. The fourth-order valence-electron chi connectivity index (χ4n) is 5.78. The van der Waals surface area contributed by atoms with Gasteiger partial charge >= 0.3 is 0 Å². The maximum absolute atomic E-state index is 14.5. The zero-order valence-corrected chi connectivity index (χ0v) is 25.8. The number of aromatic nitrogens is 2. The molecule has 3 aromatic carbocycles. The van der Waals surface area contributed by atoms with Crippen LogP contribution in [-0.2, 0) is 35.5 Å². The fourth-order valence-corrected chi connectivity index (χ4v) is 5.78. The van der Waals surface area contributed by atoms with E-state index in [9.17, 15) is 9.59 Å². The Morgan fingerprint density at radius 3 is 2.33 bits per heavy atom. The van der Waals surface area contributed by atoms with Crippen molar-refractivity contribution in [3.05, 3.63) is 156 Å². The van der Waals surface area contributed by atoms with Gasteiger partial charge in [-0.25, -0.2) is 0 Å². The minimum atomic E-state index is -0.718. The van der Waals surface area contributed by atoms with Crippen LogP contribution < -0.4 is 4.74 Å². The lowest BCUT2D eigenvalue weighted by Crippen LogP contribution is -2.52. The molecule has 0 saturated heterocycles. The minimum Gasteiger partial charge on any atom is -0.495 e. The molecule has 7 nitrogen and oxygen atoms in total. The molecule has 1 atom stereocenters. The molecule has 2 aromatic heterocycles. The highest BCUT2D eigenvalue weighted by Gasteiger charge is 2.34. The molecule has 6 rings (SSSR count). The first kappa shape index (κ1) is 30.5. The lowest BCUT2D eigenvalue weighted by Gasteiger charge is -2.37. The maximum Gasteiger partial charge on any atom is 0.247 e. The number of hydrogen-bond acceptors (Lipinski definition) is 5. The number of pyridine rings is 2. The number of nitrogens with zero attached hydrogens (tertiary/aromatic N) is 4. The Labute approximate surface area is 269 Å². The van der Waals surface area contributed by atoms with Gasteiger partial charge in [-0.3, -0.25) is 19.6 Å². The minimum absolute atomic E-state index is 0.0622. The lowest BCUT2D eigenvalue weighted by atomic mass is 9.97. The van der Waals surface area contributed by atoms with E-state index in [0.29, 0.717) is 31.0 Å². The molecule has 0 radical (unpaired) electrons. The Hall–Kier alpha value is -5.56. The van der Waals surface area contributed by atoms with Crippen molar-refractivity contribution in [3.63, 3.8) is 0 Å². The van der Waals surface area contributed by atoms with Crippen molar-refractivity contribution < 1.29 is 14.3 Å². The van der Waals surface area contributed by atoms with Gasteiger partial charge in [0.15, 0.2) is 0 Å². The van der Waals surface area contributed by atoms with E-state index in [-0.39, 0.29) is 18.4 Å². The molecule has 0 spiro atoms. The average molecular weight is 609 g/mol. The molecule has 0 unspecified atom stereocenters. The van der Waals surface area contributed by atoms with Crippen LogP contribution in [0.5, 0.6) is 5.75 Å². The van der Waals surface area contributed by atoms with Crippen LogP contribution in [0.4, 0.5) is 0 Å². The van der Waals surface area contributed by atoms with Gasteiger partial charge in [0.05, 0.1) is 24.7 Å². The number of ether oxygens (including phenoxy) is 1. The van der Waals surface area contributed by atoms with Gasteiger partial charge in [-0.1, -0.05) is 84.9 Å². The highest BCUT2D eigenvalue weighted by Crippen LogP contribution is 2.24. The Balaban J connectivity index is 1.34. The first-order valence-corrected chi connectivity index (χ1v) is 15.5. The summed E-state index contributed by atoms with van der Waals surface area (Å²) in [6.45, 7) is 1.38. The number of hydrogen-bond donors (Lipinski definition) is 0. The van der Waals surface area contributed by atoms with Crippen LogP contribution in [-0.4, -0.2) is 51.3 Å². The molecule has 1 aliphatic heterocycles. The normalized spacial score (nSPS) is 13.2. The van der Waals surface area contributed by atoms with E-state index in [0.717, 1.165) is 34.4 Å². The molecule has 2 amide bonds. The second-order valence-corrected chi connectivity index (χ2v) is 11.3. The fraction of sp³-hybridized carbons (Fsp3) is 0.179. The Morgan fingerprint density at radius 2 is 1.61 bits per heavy atom. The van der Waals surface area contributed by atoms with Crippen LogP contribution in [0.3, 0.4) is 0 Å². The summed E-state index contributed by atoms with van der Waals surface area (Å²) in [6, 6.07) is 34.9. The van der Waals surface area contributed by atoms with Crippen molar-refractivity contribution in [2.75, 3.05) is 13.7 Å². The number of rotatable bonds is 10.